The molecule has 1 N–H and O–H groups in total. The average molecular weight is 416 g/mol. The Morgan fingerprint density at radius 1 is 0.933 bits per heavy atom. The lowest BCUT2D eigenvalue weighted by molar-refractivity contribution is -0.120. The van der Waals surface area contributed by atoms with Gasteiger partial charge in [-0.25, -0.2) is 4.98 Å². The fraction of sp³-hybridized carbons (Fsp3) is 0.125. The van der Waals surface area contributed by atoms with Crippen molar-refractivity contribution in [2.75, 3.05) is 0 Å². The largest absolute Gasteiger partial charge is 0.489 e. The summed E-state index contributed by atoms with van der Waals surface area (Å²) >= 11 is 1.50. The molecule has 0 radical (unpaired) electrons. The molecule has 0 atom stereocenters. The molecule has 0 fully saturated rings. The molecule has 0 unspecified atom stereocenters. The molecule has 150 valence electrons. The van der Waals surface area contributed by atoms with Gasteiger partial charge in [-0.05, 0) is 35.4 Å². The summed E-state index contributed by atoms with van der Waals surface area (Å²) in [6, 6.07) is 23.5. The van der Waals surface area contributed by atoms with E-state index in [2.05, 4.69) is 15.3 Å². The SMILES string of the molecule is O=C(Cc1csc(-c2ccccn2)n1)NCc1ccc(COc2ccccc2)cc1. The number of para-hydroxylation sites is 1. The number of amides is 1. The summed E-state index contributed by atoms with van der Waals surface area (Å²) < 4.78 is 5.75. The maximum absolute atomic E-state index is 12.3. The smallest absolute Gasteiger partial charge is 0.226 e. The molecular formula is C24H21N3O2S. The molecule has 0 saturated carbocycles. The number of nitrogens with one attached hydrogen (secondary N) is 1. The third-order valence-corrected chi connectivity index (χ3v) is 5.35. The number of carbonyl (C=O) groups is 1. The monoisotopic (exact) mass is 415 g/mol. The predicted molar refractivity (Wildman–Crippen MR) is 118 cm³/mol. The van der Waals surface area contributed by atoms with Gasteiger partial charge in [-0.15, -0.1) is 11.3 Å². The molecule has 2 aromatic carbocycles. The molecule has 0 aliphatic rings. The fourth-order valence-electron chi connectivity index (χ4n) is 2.86. The molecule has 4 aromatic rings. The van der Waals surface area contributed by atoms with Gasteiger partial charge in [-0.1, -0.05) is 48.5 Å². The van der Waals surface area contributed by atoms with Crippen LogP contribution in [0.5, 0.6) is 5.75 Å². The Bertz CT molecular complexity index is 1080. The number of hydrogen-bond donors (Lipinski definition) is 1. The number of nitrogens with zero attached hydrogens (tertiary/aromatic N) is 2. The second-order valence-electron chi connectivity index (χ2n) is 6.73. The number of aromatic nitrogens is 2. The van der Waals surface area contributed by atoms with Gasteiger partial charge in [0, 0.05) is 18.1 Å². The van der Waals surface area contributed by atoms with Gasteiger partial charge in [0.15, 0.2) is 0 Å². The van der Waals surface area contributed by atoms with E-state index in [1.807, 2.05) is 78.2 Å². The minimum Gasteiger partial charge on any atom is -0.489 e. The van der Waals surface area contributed by atoms with Gasteiger partial charge in [0.2, 0.25) is 5.91 Å². The van der Waals surface area contributed by atoms with Crippen LogP contribution in [0.25, 0.3) is 10.7 Å². The van der Waals surface area contributed by atoms with Crippen molar-refractivity contribution in [2.45, 2.75) is 19.6 Å². The second-order valence-corrected chi connectivity index (χ2v) is 7.59. The van der Waals surface area contributed by atoms with Crippen LogP contribution in [0, 0.1) is 0 Å². The van der Waals surface area contributed by atoms with Gasteiger partial charge in [-0.3, -0.25) is 9.78 Å². The van der Waals surface area contributed by atoms with Crippen molar-refractivity contribution in [1.82, 2.24) is 15.3 Å². The van der Waals surface area contributed by atoms with E-state index < -0.39 is 0 Å². The standard InChI is InChI=1S/C24H21N3O2S/c28-23(14-20-17-30-24(27-20)22-8-4-5-13-25-22)26-15-18-9-11-19(12-10-18)16-29-21-6-2-1-3-7-21/h1-13,17H,14-16H2,(H,26,28). The van der Waals surface area contributed by atoms with Crippen molar-refractivity contribution in [3.63, 3.8) is 0 Å². The first-order valence-corrected chi connectivity index (χ1v) is 10.5. The summed E-state index contributed by atoms with van der Waals surface area (Å²) in [5.41, 5.74) is 3.70. The number of pyridine rings is 1. The van der Waals surface area contributed by atoms with Crippen LogP contribution < -0.4 is 10.1 Å². The third kappa shape index (κ3) is 5.52. The van der Waals surface area contributed by atoms with Gasteiger partial charge in [-0.2, -0.15) is 0 Å². The third-order valence-electron chi connectivity index (χ3n) is 4.44. The maximum Gasteiger partial charge on any atom is 0.226 e. The van der Waals surface area contributed by atoms with Crippen molar-refractivity contribution in [2.24, 2.45) is 0 Å². The Balaban J connectivity index is 1.24. The molecule has 0 bridgehead atoms. The molecule has 0 aliphatic carbocycles. The van der Waals surface area contributed by atoms with Crippen molar-refractivity contribution >= 4 is 17.2 Å². The normalized spacial score (nSPS) is 10.5. The highest BCUT2D eigenvalue weighted by Gasteiger charge is 2.09. The van der Waals surface area contributed by atoms with Crippen LogP contribution in [-0.2, 0) is 24.4 Å². The minimum absolute atomic E-state index is 0.0515. The minimum atomic E-state index is -0.0515. The Morgan fingerprint density at radius 3 is 2.47 bits per heavy atom. The molecule has 30 heavy (non-hydrogen) atoms. The number of thiazole rings is 1. The number of rotatable bonds is 8. The molecule has 1 amide bonds. The molecule has 0 aliphatic heterocycles. The van der Waals surface area contributed by atoms with E-state index in [9.17, 15) is 4.79 Å². The van der Waals surface area contributed by atoms with Crippen molar-refractivity contribution in [1.29, 1.82) is 0 Å². The summed E-state index contributed by atoms with van der Waals surface area (Å²) in [5, 5.41) is 5.69. The summed E-state index contributed by atoms with van der Waals surface area (Å²) in [4.78, 5) is 21.1. The first kappa shape index (κ1) is 19.8. The lowest BCUT2D eigenvalue weighted by Gasteiger charge is -2.08. The first-order valence-electron chi connectivity index (χ1n) is 9.64. The summed E-state index contributed by atoms with van der Waals surface area (Å²) in [7, 11) is 0. The molecule has 0 saturated heterocycles. The fourth-order valence-corrected chi connectivity index (χ4v) is 3.65. The lowest BCUT2D eigenvalue weighted by atomic mass is 10.1. The van der Waals surface area contributed by atoms with E-state index >= 15 is 0 Å². The van der Waals surface area contributed by atoms with Gasteiger partial charge in [0.05, 0.1) is 17.8 Å². The molecule has 0 spiro atoms. The summed E-state index contributed by atoms with van der Waals surface area (Å²) in [6.45, 7) is 0.995. The van der Waals surface area contributed by atoms with Crippen LogP contribution in [0.3, 0.4) is 0 Å². The Morgan fingerprint density at radius 2 is 1.70 bits per heavy atom. The van der Waals surface area contributed by atoms with Gasteiger partial charge >= 0.3 is 0 Å². The van der Waals surface area contributed by atoms with Crippen molar-refractivity contribution < 1.29 is 9.53 Å². The Kier molecular flexibility index (Phi) is 6.47. The van der Waals surface area contributed by atoms with Crippen molar-refractivity contribution in [3.8, 4) is 16.5 Å². The average Bonchev–Trinajstić information content (AvgIpc) is 3.27. The van der Waals surface area contributed by atoms with Crippen LogP contribution in [0.2, 0.25) is 0 Å². The molecule has 2 heterocycles. The number of carbonyl (C=O) groups excluding carboxylic acids is 1. The molecule has 2 aromatic heterocycles. The van der Waals surface area contributed by atoms with Gasteiger partial charge in [0.25, 0.3) is 0 Å². The maximum atomic E-state index is 12.3. The van der Waals surface area contributed by atoms with E-state index in [0.29, 0.717) is 13.2 Å². The second kappa shape index (κ2) is 9.80. The zero-order valence-corrected chi connectivity index (χ0v) is 17.1. The topological polar surface area (TPSA) is 64.1 Å². The van der Waals surface area contributed by atoms with E-state index in [-0.39, 0.29) is 12.3 Å². The zero-order valence-electron chi connectivity index (χ0n) is 16.3. The molecule has 4 rings (SSSR count). The number of hydrogen-bond acceptors (Lipinski definition) is 5. The van der Waals surface area contributed by atoms with E-state index in [0.717, 1.165) is 33.3 Å². The van der Waals surface area contributed by atoms with E-state index in [4.69, 9.17) is 4.74 Å². The highest BCUT2D eigenvalue weighted by molar-refractivity contribution is 7.13. The molecular weight excluding hydrogens is 394 g/mol. The quantitative estimate of drug-likeness (QED) is 0.455. The van der Waals surface area contributed by atoms with Gasteiger partial charge in [0.1, 0.15) is 17.4 Å². The molecule has 6 heteroatoms. The van der Waals surface area contributed by atoms with Crippen LogP contribution in [0.4, 0.5) is 0 Å². The van der Waals surface area contributed by atoms with Crippen LogP contribution in [0.1, 0.15) is 16.8 Å². The first-order chi connectivity index (χ1) is 14.8. The van der Waals surface area contributed by atoms with Crippen LogP contribution in [-0.4, -0.2) is 15.9 Å². The highest BCUT2D eigenvalue weighted by Crippen LogP contribution is 2.21. The number of ether oxygens (including phenoxy) is 1. The molecule has 5 nitrogen and oxygen atoms in total. The van der Waals surface area contributed by atoms with Gasteiger partial charge < -0.3 is 10.1 Å². The lowest BCUT2D eigenvalue weighted by Crippen LogP contribution is -2.24. The van der Waals surface area contributed by atoms with E-state index in [1.54, 1.807) is 6.20 Å². The van der Waals surface area contributed by atoms with E-state index in [1.165, 1.54) is 11.3 Å². The summed E-state index contributed by atoms with van der Waals surface area (Å²) in [6.07, 6.45) is 1.99. The predicted octanol–water partition coefficient (Wildman–Crippen LogP) is 4.64. The van der Waals surface area contributed by atoms with Crippen LogP contribution >= 0.6 is 11.3 Å². The summed E-state index contributed by atoms with van der Waals surface area (Å²) in [5.74, 6) is 0.798. The van der Waals surface area contributed by atoms with Crippen molar-refractivity contribution in [3.05, 3.63) is 101 Å². The van der Waals surface area contributed by atoms with Crippen LogP contribution in [0.15, 0.2) is 84.4 Å². The number of benzene rings is 2. The Labute approximate surface area is 179 Å². The zero-order chi connectivity index (χ0) is 20.6. The Hall–Kier alpha value is -3.51. The highest BCUT2D eigenvalue weighted by atomic mass is 32.1.